The number of alkyl carbamates (subject to hydrolysis) is 1. The van der Waals surface area contributed by atoms with Gasteiger partial charge in [-0.25, -0.2) is 4.79 Å². The molecule has 0 bridgehead atoms. The first-order valence-corrected chi connectivity index (χ1v) is 11.8. The summed E-state index contributed by atoms with van der Waals surface area (Å²) in [7, 11) is 0. The summed E-state index contributed by atoms with van der Waals surface area (Å²) in [5.74, 6) is 1.69. The Morgan fingerprint density at radius 1 is 1.06 bits per heavy atom. The van der Waals surface area contributed by atoms with Gasteiger partial charge in [0.15, 0.2) is 0 Å². The van der Waals surface area contributed by atoms with Crippen molar-refractivity contribution in [3.63, 3.8) is 0 Å². The fourth-order valence-corrected chi connectivity index (χ4v) is 3.41. The number of terminal acetylenes is 1. The molecule has 0 saturated heterocycles. The highest BCUT2D eigenvalue weighted by Gasteiger charge is 2.37. The number of amides is 3. The third-order valence-electron chi connectivity index (χ3n) is 4.80. The first-order valence-electron chi connectivity index (χ1n) is 11.8. The van der Waals surface area contributed by atoms with Crippen molar-refractivity contribution in [1.29, 1.82) is 0 Å². The summed E-state index contributed by atoms with van der Waals surface area (Å²) < 4.78 is 5.37. The zero-order valence-corrected chi connectivity index (χ0v) is 22.1. The molecule has 1 aromatic carbocycles. The molecule has 7 nitrogen and oxygen atoms in total. The molecule has 2 unspecified atom stereocenters. The standard InChI is InChI=1S/C27H41N3O4/c1-11-17-30(24(32)21(18(3)4)28-25(33)34-27(8,9)10)22(23(31)29-26(5,6)7)20-15-13-19(12-2)14-16-20/h2,13-16,18,21-22H,11,17H2,1,3-10H3,(H,28,33)(H,29,31). The third-order valence-corrected chi connectivity index (χ3v) is 4.80. The summed E-state index contributed by atoms with van der Waals surface area (Å²) in [6.07, 6.45) is 5.45. The summed E-state index contributed by atoms with van der Waals surface area (Å²) in [6.45, 7) is 16.9. The lowest BCUT2D eigenvalue weighted by Crippen LogP contribution is -2.56. The van der Waals surface area contributed by atoms with E-state index in [4.69, 9.17) is 11.2 Å². The van der Waals surface area contributed by atoms with Crippen molar-refractivity contribution >= 4 is 17.9 Å². The molecule has 0 saturated carbocycles. The predicted octanol–water partition coefficient (Wildman–Crippen LogP) is 4.41. The van der Waals surface area contributed by atoms with Crippen LogP contribution in [0.4, 0.5) is 4.79 Å². The highest BCUT2D eigenvalue weighted by atomic mass is 16.6. The highest BCUT2D eigenvalue weighted by molar-refractivity contribution is 5.92. The monoisotopic (exact) mass is 471 g/mol. The molecule has 0 aliphatic rings. The Labute approximate surface area is 205 Å². The quantitative estimate of drug-likeness (QED) is 0.550. The Kier molecular flexibility index (Phi) is 10.2. The van der Waals surface area contributed by atoms with Gasteiger partial charge in [0, 0.05) is 17.6 Å². The van der Waals surface area contributed by atoms with Gasteiger partial charge in [0.05, 0.1) is 0 Å². The minimum Gasteiger partial charge on any atom is -0.444 e. The van der Waals surface area contributed by atoms with Crippen molar-refractivity contribution in [2.45, 2.75) is 92.0 Å². The van der Waals surface area contributed by atoms with Gasteiger partial charge in [0.1, 0.15) is 17.7 Å². The summed E-state index contributed by atoms with van der Waals surface area (Å²) in [5, 5.41) is 5.71. The van der Waals surface area contributed by atoms with Crippen molar-refractivity contribution in [1.82, 2.24) is 15.5 Å². The maximum atomic E-state index is 13.8. The molecule has 1 aromatic rings. The van der Waals surface area contributed by atoms with E-state index in [0.717, 1.165) is 0 Å². The maximum absolute atomic E-state index is 13.8. The average Bonchev–Trinajstić information content (AvgIpc) is 2.68. The Bertz CT molecular complexity index is 886. The van der Waals surface area contributed by atoms with Gasteiger partial charge < -0.3 is 20.3 Å². The van der Waals surface area contributed by atoms with E-state index in [0.29, 0.717) is 24.1 Å². The number of nitrogens with zero attached hydrogens (tertiary/aromatic N) is 1. The lowest BCUT2D eigenvalue weighted by Gasteiger charge is -2.36. The molecule has 0 heterocycles. The van der Waals surface area contributed by atoms with Crippen LogP contribution in [0.2, 0.25) is 0 Å². The fourth-order valence-electron chi connectivity index (χ4n) is 3.41. The van der Waals surface area contributed by atoms with Crippen molar-refractivity contribution < 1.29 is 19.1 Å². The predicted molar refractivity (Wildman–Crippen MR) is 135 cm³/mol. The first kappa shape index (κ1) is 29.0. The fraction of sp³-hybridized carbons (Fsp3) is 0.593. The number of nitrogens with one attached hydrogen (secondary N) is 2. The van der Waals surface area contributed by atoms with Crippen molar-refractivity contribution in [2.75, 3.05) is 6.54 Å². The second-order valence-corrected chi connectivity index (χ2v) is 10.8. The molecular formula is C27H41N3O4. The van der Waals surface area contributed by atoms with E-state index in [1.807, 2.05) is 41.5 Å². The van der Waals surface area contributed by atoms with Crippen LogP contribution >= 0.6 is 0 Å². The molecule has 0 fully saturated rings. The van der Waals surface area contributed by atoms with E-state index in [1.165, 1.54) is 4.90 Å². The Hall–Kier alpha value is -3.01. The van der Waals surface area contributed by atoms with E-state index < -0.39 is 29.3 Å². The Morgan fingerprint density at radius 2 is 1.62 bits per heavy atom. The normalized spacial score (nSPS) is 13.4. The minimum absolute atomic E-state index is 0.227. The zero-order valence-electron chi connectivity index (χ0n) is 22.1. The van der Waals surface area contributed by atoms with E-state index in [9.17, 15) is 14.4 Å². The van der Waals surface area contributed by atoms with Crippen LogP contribution in [0.1, 0.15) is 85.9 Å². The van der Waals surface area contributed by atoms with E-state index in [1.54, 1.807) is 45.0 Å². The number of carbonyl (C=O) groups is 3. The van der Waals surface area contributed by atoms with Gasteiger partial charge in [0.2, 0.25) is 11.8 Å². The molecular weight excluding hydrogens is 430 g/mol. The first-order chi connectivity index (χ1) is 15.6. The van der Waals surface area contributed by atoms with Gasteiger partial charge in [-0.1, -0.05) is 38.8 Å². The molecule has 0 aliphatic carbocycles. The summed E-state index contributed by atoms with van der Waals surface area (Å²) in [5.41, 5.74) is 0.119. The van der Waals surface area contributed by atoms with Gasteiger partial charge in [-0.2, -0.15) is 0 Å². The molecule has 0 spiro atoms. The molecule has 0 aromatic heterocycles. The summed E-state index contributed by atoms with van der Waals surface area (Å²) in [4.78, 5) is 41.3. The molecule has 2 N–H and O–H groups in total. The van der Waals surface area contributed by atoms with Crippen LogP contribution in [0.5, 0.6) is 0 Å². The molecule has 2 atom stereocenters. The van der Waals surface area contributed by atoms with Crippen LogP contribution in [0.25, 0.3) is 0 Å². The molecule has 0 radical (unpaired) electrons. The van der Waals surface area contributed by atoms with Crippen LogP contribution in [0, 0.1) is 18.3 Å². The number of ether oxygens (including phenoxy) is 1. The molecule has 3 amide bonds. The van der Waals surface area contributed by atoms with Crippen LogP contribution in [-0.2, 0) is 14.3 Å². The Morgan fingerprint density at radius 3 is 2.03 bits per heavy atom. The number of carbonyl (C=O) groups excluding carboxylic acids is 3. The lowest BCUT2D eigenvalue weighted by molar-refractivity contribution is -0.144. The second-order valence-electron chi connectivity index (χ2n) is 10.8. The van der Waals surface area contributed by atoms with E-state index >= 15 is 0 Å². The topological polar surface area (TPSA) is 87.7 Å². The largest absolute Gasteiger partial charge is 0.444 e. The van der Waals surface area contributed by atoms with Crippen LogP contribution in [-0.4, -0.2) is 46.5 Å². The SMILES string of the molecule is C#Cc1ccc(C(C(=O)NC(C)(C)C)N(CCC)C(=O)C(NC(=O)OC(C)(C)C)C(C)C)cc1. The van der Waals surface area contributed by atoms with Crippen LogP contribution in [0.15, 0.2) is 24.3 Å². The molecule has 7 heteroatoms. The second kappa shape index (κ2) is 11.9. The van der Waals surface area contributed by atoms with Gasteiger partial charge in [0.25, 0.3) is 0 Å². The lowest BCUT2D eigenvalue weighted by atomic mass is 9.97. The zero-order chi connectivity index (χ0) is 26.3. The molecule has 1 rings (SSSR count). The van der Waals surface area contributed by atoms with E-state index in [-0.39, 0.29) is 17.7 Å². The average molecular weight is 472 g/mol. The van der Waals surface area contributed by atoms with Crippen molar-refractivity contribution in [3.8, 4) is 12.3 Å². The Balaban J connectivity index is 3.45. The van der Waals surface area contributed by atoms with Crippen LogP contribution in [0.3, 0.4) is 0 Å². The molecule has 0 aliphatic heterocycles. The van der Waals surface area contributed by atoms with Crippen molar-refractivity contribution in [3.05, 3.63) is 35.4 Å². The third kappa shape index (κ3) is 9.09. The number of hydrogen-bond acceptors (Lipinski definition) is 4. The van der Waals surface area contributed by atoms with Gasteiger partial charge in [-0.05, 0) is 71.6 Å². The van der Waals surface area contributed by atoms with Gasteiger partial charge >= 0.3 is 6.09 Å². The summed E-state index contributed by atoms with van der Waals surface area (Å²) >= 11 is 0. The number of benzene rings is 1. The molecule has 34 heavy (non-hydrogen) atoms. The maximum Gasteiger partial charge on any atom is 0.408 e. The number of rotatable bonds is 8. The highest BCUT2D eigenvalue weighted by Crippen LogP contribution is 2.25. The van der Waals surface area contributed by atoms with Crippen LogP contribution < -0.4 is 10.6 Å². The van der Waals surface area contributed by atoms with Crippen molar-refractivity contribution in [2.24, 2.45) is 5.92 Å². The smallest absolute Gasteiger partial charge is 0.408 e. The van der Waals surface area contributed by atoms with Gasteiger partial charge in [-0.3, -0.25) is 9.59 Å². The van der Waals surface area contributed by atoms with Gasteiger partial charge in [-0.15, -0.1) is 6.42 Å². The number of hydrogen-bond donors (Lipinski definition) is 2. The minimum atomic E-state index is -0.889. The van der Waals surface area contributed by atoms with E-state index in [2.05, 4.69) is 16.6 Å². The molecule has 188 valence electrons. The summed E-state index contributed by atoms with van der Waals surface area (Å²) in [6, 6.07) is 5.28.